The maximum absolute atomic E-state index is 9.44. The quantitative estimate of drug-likeness (QED) is 0.127. The molecule has 0 saturated heterocycles. The number of allylic oxidation sites excluding steroid dienone is 3. The van der Waals surface area contributed by atoms with Crippen LogP contribution in [0.1, 0.15) is 51.7 Å². The van der Waals surface area contributed by atoms with E-state index in [4.69, 9.17) is 0 Å². The lowest BCUT2D eigenvalue weighted by molar-refractivity contribution is 0.265. The second-order valence-electron chi connectivity index (χ2n) is 14.0. The van der Waals surface area contributed by atoms with Gasteiger partial charge in [0.05, 0.1) is 11.6 Å². The van der Waals surface area contributed by atoms with Crippen molar-refractivity contribution in [2.24, 2.45) is 29.6 Å². The van der Waals surface area contributed by atoms with Crippen molar-refractivity contribution in [3.8, 4) is 50.6 Å². The van der Waals surface area contributed by atoms with Crippen molar-refractivity contribution in [2.75, 3.05) is 0 Å². The molecule has 1 heteroatoms. The van der Waals surface area contributed by atoms with Gasteiger partial charge in [-0.3, -0.25) is 0 Å². The van der Waals surface area contributed by atoms with E-state index in [-0.39, 0.29) is 0 Å². The monoisotopic (exact) mass is 625 g/mol. The van der Waals surface area contributed by atoms with Crippen LogP contribution in [-0.4, -0.2) is 0 Å². The first-order valence-electron chi connectivity index (χ1n) is 17.6. The van der Waals surface area contributed by atoms with Gasteiger partial charge in [0.25, 0.3) is 0 Å². The molecule has 0 spiro atoms. The molecule has 0 aliphatic heterocycles. The standard InChI is InChI=1S/C47H47N/c1-6-32(2)35(5)34(4)27-42(43-26-17-33(43)3)28-36-18-22-40(23-19-36)46-29-45(39-15-11-8-12-16-39)47(41-24-20-37(31-48)21-25-41)30-44(46)38-13-9-7-10-14-38/h6-16,18-26,29-30,32-35,42H,1,17,27-28H2,2-5H3/t32?,33-,34-,35-,42?/m1/s1. The topological polar surface area (TPSA) is 23.8 Å². The number of nitrogens with zero attached hydrogens (tertiary/aromatic N) is 1. The van der Waals surface area contributed by atoms with Gasteiger partial charge in [0, 0.05) is 0 Å². The van der Waals surface area contributed by atoms with Gasteiger partial charge >= 0.3 is 0 Å². The molecule has 0 aromatic heterocycles. The van der Waals surface area contributed by atoms with Crippen molar-refractivity contribution in [1.82, 2.24) is 0 Å². The molecule has 240 valence electrons. The van der Waals surface area contributed by atoms with E-state index >= 15 is 0 Å². The number of benzene rings is 5. The minimum atomic E-state index is 0.524. The van der Waals surface area contributed by atoms with Crippen molar-refractivity contribution in [3.63, 3.8) is 0 Å². The van der Waals surface area contributed by atoms with Gasteiger partial charge in [0.15, 0.2) is 0 Å². The SMILES string of the molecule is C=CC(C)[C@@H](C)[C@H](C)CC(Cc1ccc(-c2cc(-c3ccccc3)c(-c3ccc(C#N)cc3)cc2-c2ccccc2)cc1)C1=CC[C@H]1C. The Morgan fingerprint density at radius 2 is 1.19 bits per heavy atom. The second kappa shape index (κ2) is 14.9. The average molecular weight is 626 g/mol. The van der Waals surface area contributed by atoms with Gasteiger partial charge in [-0.2, -0.15) is 5.26 Å². The summed E-state index contributed by atoms with van der Waals surface area (Å²) in [4.78, 5) is 0. The zero-order valence-electron chi connectivity index (χ0n) is 28.9. The van der Waals surface area contributed by atoms with Crippen LogP contribution in [0.25, 0.3) is 44.5 Å². The molecule has 0 saturated carbocycles. The molecule has 1 aliphatic carbocycles. The maximum Gasteiger partial charge on any atom is 0.0991 e. The van der Waals surface area contributed by atoms with E-state index in [2.05, 4.69) is 162 Å². The van der Waals surface area contributed by atoms with Crippen LogP contribution in [0.2, 0.25) is 0 Å². The molecule has 48 heavy (non-hydrogen) atoms. The van der Waals surface area contributed by atoms with Crippen molar-refractivity contribution in [3.05, 3.63) is 157 Å². The third-order valence-corrected chi connectivity index (χ3v) is 10.9. The van der Waals surface area contributed by atoms with E-state index in [0.29, 0.717) is 35.2 Å². The van der Waals surface area contributed by atoms with Gasteiger partial charge in [-0.05, 0) is 123 Å². The van der Waals surface area contributed by atoms with Crippen LogP contribution in [0, 0.1) is 40.9 Å². The maximum atomic E-state index is 9.44. The molecule has 0 heterocycles. The van der Waals surface area contributed by atoms with Crippen molar-refractivity contribution in [1.29, 1.82) is 5.26 Å². The van der Waals surface area contributed by atoms with Gasteiger partial charge in [0.2, 0.25) is 0 Å². The van der Waals surface area contributed by atoms with Crippen molar-refractivity contribution in [2.45, 2.75) is 47.0 Å². The Bertz CT molecular complexity index is 1910. The van der Waals surface area contributed by atoms with Crippen LogP contribution in [0.5, 0.6) is 0 Å². The van der Waals surface area contributed by atoms with E-state index in [1.165, 1.54) is 51.8 Å². The second-order valence-corrected chi connectivity index (χ2v) is 14.0. The molecule has 5 aromatic carbocycles. The average Bonchev–Trinajstić information content (AvgIpc) is 3.14. The van der Waals surface area contributed by atoms with Gasteiger partial charge < -0.3 is 0 Å². The molecular weight excluding hydrogens is 579 g/mol. The fourth-order valence-electron chi connectivity index (χ4n) is 7.41. The summed E-state index contributed by atoms with van der Waals surface area (Å²) in [6.07, 6.45) is 8.11. The minimum Gasteiger partial charge on any atom is -0.192 e. The molecule has 5 aromatic rings. The van der Waals surface area contributed by atoms with Crippen molar-refractivity contribution >= 4 is 0 Å². The Kier molecular flexibility index (Phi) is 10.2. The van der Waals surface area contributed by atoms with Crippen LogP contribution in [0.3, 0.4) is 0 Å². The third-order valence-electron chi connectivity index (χ3n) is 10.9. The van der Waals surface area contributed by atoms with Crippen LogP contribution in [0.4, 0.5) is 0 Å². The van der Waals surface area contributed by atoms with Crippen LogP contribution in [0.15, 0.2) is 146 Å². The highest BCUT2D eigenvalue weighted by Crippen LogP contribution is 2.43. The predicted octanol–water partition coefficient (Wildman–Crippen LogP) is 12.8. The Morgan fingerprint density at radius 3 is 1.60 bits per heavy atom. The Labute approximate surface area is 288 Å². The molecule has 6 rings (SSSR count). The molecule has 0 N–H and O–H groups in total. The lowest BCUT2D eigenvalue weighted by Crippen LogP contribution is -2.25. The summed E-state index contributed by atoms with van der Waals surface area (Å²) >= 11 is 0. The van der Waals surface area contributed by atoms with Crippen LogP contribution < -0.4 is 0 Å². The number of hydrogen-bond acceptors (Lipinski definition) is 1. The third kappa shape index (κ3) is 7.14. The Hall–Kier alpha value is -4.93. The summed E-state index contributed by atoms with van der Waals surface area (Å²) in [7, 11) is 0. The Balaban J connectivity index is 1.40. The molecule has 2 unspecified atom stereocenters. The molecule has 0 fully saturated rings. The molecule has 5 atom stereocenters. The normalized spacial score (nSPS) is 16.5. The Morgan fingerprint density at radius 1 is 0.708 bits per heavy atom. The number of hydrogen-bond donors (Lipinski definition) is 0. The first kappa shape index (κ1) is 33.0. The lowest BCUT2D eigenvalue weighted by Gasteiger charge is -2.35. The largest absolute Gasteiger partial charge is 0.192 e. The zero-order chi connectivity index (χ0) is 33.6. The fraction of sp³-hybridized carbons (Fsp3) is 0.255. The molecule has 0 bridgehead atoms. The summed E-state index contributed by atoms with van der Waals surface area (Å²) in [5, 5.41) is 9.44. The molecule has 0 radical (unpaired) electrons. The first-order valence-corrected chi connectivity index (χ1v) is 17.6. The predicted molar refractivity (Wildman–Crippen MR) is 204 cm³/mol. The van der Waals surface area contributed by atoms with Crippen molar-refractivity contribution < 1.29 is 0 Å². The van der Waals surface area contributed by atoms with E-state index < -0.39 is 0 Å². The van der Waals surface area contributed by atoms with E-state index in [1.54, 1.807) is 5.57 Å². The first-order chi connectivity index (χ1) is 23.4. The highest BCUT2D eigenvalue weighted by Gasteiger charge is 2.29. The molecule has 0 amide bonds. The number of rotatable bonds is 12. The van der Waals surface area contributed by atoms with Crippen LogP contribution in [-0.2, 0) is 6.42 Å². The molecule has 1 nitrogen and oxygen atoms in total. The number of nitriles is 1. The van der Waals surface area contributed by atoms with Gasteiger partial charge in [-0.15, -0.1) is 6.58 Å². The highest BCUT2D eigenvalue weighted by molar-refractivity contribution is 5.95. The van der Waals surface area contributed by atoms with E-state index in [0.717, 1.165) is 17.5 Å². The van der Waals surface area contributed by atoms with Gasteiger partial charge in [-0.25, -0.2) is 0 Å². The molecule has 1 aliphatic rings. The highest BCUT2D eigenvalue weighted by atomic mass is 14.3. The fourth-order valence-corrected chi connectivity index (χ4v) is 7.41. The van der Waals surface area contributed by atoms with Gasteiger partial charge in [-0.1, -0.05) is 142 Å². The van der Waals surface area contributed by atoms with E-state index in [1.807, 2.05) is 12.1 Å². The summed E-state index contributed by atoms with van der Waals surface area (Å²) in [5.74, 6) is 3.04. The zero-order valence-corrected chi connectivity index (χ0v) is 28.9. The van der Waals surface area contributed by atoms with Gasteiger partial charge in [0.1, 0.15) is 0 Å². The summed E-state index contributed by atoms with van der Waals surface area (Å²) in [6, 6.07) is 45.7. The minimum absolute atomic E-state index is 0.524. The molecular formula is C47H47N. The smallest absolute Gasteiger partial charge is 0.0991 e. The summed E-state index contributed by atoms with van der Waals surface area (Å²) < 4.78 is 0. The summed E-state index contributed by atoms with van der Waals surface area (Å²) in [6.45, 7) is 13.6. The lowest BCUT2D eigenvalue weighted by atomic mass is 9.70. The van der Waals surface area contributed by atoms with Crippen LogP contribution >= 0.6 is 0 Å². The summed E-state index contributed by atoms with van der Waals surface area (Å²) in [5.41, 5.74) is 13.2. The van der Waals surface area contributed by atoms with E-state index in [9.17, 15) is 5.26 Å².